The molecule has 15 heavy (non-hydrogen) atoms. The zero-order chi connectivity index (χ0) is 11.3. The molecular formula is C13H20O2. The molecule has 0 aliphatic rings. The summed E-state index contributed by atoms with van der Waals surface area (Å²) in [7, 11) is 1.62. The molecular weight excluding hydrogens is 188 g/mol. The SMILES string of the molecule is COCC(O)(Cc1ccccc1)C(C)C. The largest absolute Gasteiger partial charge is 0.387 e. The van der Waals surface area contributed by atoms with Gasteiger partial charge in [-0.05, 0) is 11.5 Å². The molecule has 0 aromatic heterocycles. The fourth-order valence-corrected chi connectivity index (χ4v) is 1.62. The van der Waals surface area contributed by atoms with Gasteiger partial charge in [0.1, 0.15) is 0 Å². The first-order valence-corrected chi connectivity index (χ1v) is 5.34. The number of hydrogen-bond acceptors (Lipinski definition) is 2. The number of aliphatic hydroxyl groups is 1. The molecule has 1 atom stereocenters. The summed E-state index contributed by atoms with van der Waals surface area (Å²) in [5.74, 6) is 0.178. The maximum Gasteiger partial charge on any atom is 0.0942 e. The van der Waals surface area contributed by atoms with Crippen LogP contribution in [0, 0.1) is 5.92 Å². The highest BCUT2D eigenvalue weighted by Gasteiger charge is 2.31. The standard InChI is InChI=1S/C13H20O2/c1-11(2)13(14,10-15-3)9-12-7-5-4-6-8-12/h4-8,11,14H,9-10H2,1-3H3. The summed E-state index contributed by atoms with van der Waals surface area (Å²) in [6.07, 6.45) is 0.638. The minimum Gasteiger partial charge on any atom is -0.387 e. The molecule has 0 saturated heterocycles. The van der Waals surface area contributed by atoms with E-state index in [0.717, 1.165) is 5.56 Å². The minimum atomic E-state index is -0.768. The molecule has 0 heterocycles. The molecule has 1 aromatic carbocycles. The molecule has 0 amide bonds. The minimum absolute atomic E-state index is 0.178. The summed E-state index contributed by atoms with van der Waals surface area (Å²) in [4.78, 5) is 0. The molecule has 84 valence electrons. The van der Waals surface area contributed by atoms with Gasteiger partial charge in [-0.25, -0.2) is 0 Å². The van der Waals surface area contributed by atoms with E-state index in [-0.39, 0.29) is 5.92 Å². The van der Waals surface area contributed by atoms with E-state index in [9.17, 15) is 5.11 Å². The molecule has 1 aromatic rings. The first kappa shape index (κ1) is 12.2. The van der Waals surface area contributed by atoms with Gasteiger partial charge in [0.05, 0.1) is 12.2 Å². The Bertz CT molecular complexity index is 282. The fourth-order valence-electron chi connectivity index (χ4n) is 1.62. The number of hydrogen-bond donors (Lipinski definition) is 1. The van der Waals surface area contributed by atoms with Crippen LogP contribution in [0.1, 0.15) is 19.4 Å². The third kappa shape index (κ3) is 3.33. The third-order valence-electron chi connectivity index (χ3n) is 2.82. The van der Waals surface area contributed by atoms with Crippen LogP contribution >= 0.6 is 0 Å². The molecule has 0 spiro atoms. The van der Waals surface area contributed by atoms with Crippen LogP contribution in [0.25, 0.3) is 0 Å². The normalized spacial score (nSPS) is 15.3. The van der Waals surface area contributed by atoms with E-state index in [1.807, 2.05) is 44.2 Å². The van der Waals surface area contributed by atoms with E-state index in [0.29, 0.717) is 13.0 Å². The van der Waals surface area contributed by atoms with Gasteiger partial charge in [-0.3, -0.25) is 0 Å². The van der Waals surface area contributed by atoms with Gasteiger partial charge in [0, 0.05) is 13.5 Å². The van der Waals surface area contributed by atoms with Gasteiger partial charge in [0.2, 0.25) is 0 Å². The Morgan fingerprint density at radius 3 is 2.33 bits per heavy atom. The average molecular weight is 208 g/mol. The van der Waals surface area contributed by atoms with Gasteiger partial charge in [-0.2, -0.15) is 0 Å². The van der Waals surface area contributed by atoms with E-state index in [4.69, 9.17) is 4.74 Å². The van der Waals surface area contributed by atoms with Crippen molar-refractivity contribution >= 4 is 0 Å². The number of ether oxygens (including phenoxy) is 1. The molecule has 1 rings (SSSR count). The van der Waals surface area contributed by atoms with Crippen molar-refractivity contribution in [1.29, 1.82) is 0 Å². The second kappa shape index (κ2) is 5.29. The highest BCUT2D eigenvalue weighted by Crippen LogP contribution is 2.22. The Balaban J connectivity index is 2.75. The Hall–Kier alpha value is -0.860. The molecule has 0 aliphatic carbocycles. The van der Waals surface area contributed by atoms with Crippen LogP contribution in [0.3, 0.4) is 0 Å². The van der Waals surface area contributed by atoms with Crippen LogP contribution in [-0.2, 0) is 11.2 Å². The van der Waals surface area contributed by atoms with Crippen molar-refractivity contribution in [2.24, 2.45) is 5.92 Å². The second-order valence-corrected chi connectivity index (χ2v) is 4.35. The molecule has 0 aliphatic heterocycles. The second-order valence-electron chi connectivity index (χ2n) is 4.35. The molecule has 2 heteroatoms. The van der Waals surface area contributed by atoms with Crippen molar-refractivity contribution in [1.82, 2.24) is 0 Å². The monoisotopic (exact) mass is 208 g/mol. The summed E-state index contributed by atoms with van der Waals surface area (Å²) < 4.78 is 5.09. The molecule has 0 saturated carbocycles. The summed E-state index contributed by atoms with van der Waals surface area (Å²) in [5.41, 5.74) is 0.376. The summed E-state index contributed by atoms with van der Waals surface area (Å²) >= 11 is 0. The summed E-state index contributed by atoms with van der Waals surface area (Å²) in [6, 6.07) is 10.0. The number of rotatable bonds is 5. The third-order valence-corrected chi connectivity index (χ3v) is 2.82. The predicted molar refractivity (Wildman–Crippen MR) is 61.8 cm³/mol. The lowest BCUT2D eigenvalue weighted by molar-refractivity contribution is -0.0637. The maximum atomic E-state index is 10.4. The van der Waals surface area contributed by atoms with Crippen molar-refractivity contribution in [2.75, 3.05) is 13.7 Å². The van der Waals surface area contributed by atoms with E-state index in [1.54, 1.807) is 7.11 Å². The fraction of sp³-hybridized carbons (Fsp3) is 0.538. The Kier molecular flexibility index (Phi) is 4.30. The zero-order valence-corrected chi connectivity index (χ0v) is 9.73. The van der Waals surface area contributed by atoms with E-state index in [1.165, 1.54) is 0 Å². The Labute approximate surface area is 91.9 Å². The Morgan fingerprint density at radius 2 is 1.87 bits per heavy atom. The van der Waals surface area contributed by atoms with Crippen molar-refractivity contribution < 1.29 is 9.84 Å². The molecule has 0 radical (unpaired) electrons. The molecule has 1 N–H and O–H groups in total. The van der Waals surface area contributed by atoms with Crippen LogP contribution in [0.4, 0.5) is 0 Å². The van der Waals surface area contributed by atoms with Crippen LogP contribution in [0.15, 0.2) is 30.3 Å². The Morgan fingerprint density at radius 1 is 1.27 bits per heavy atom. The highest BCUT2D eigenvalue weighted by atomic mass is 16.5. The van der Waals surface area contributed by atoms with Gasteiger partial charge < -0.3 is 9.84 Å². The molecule has 1 unspecified atom stereocenters. The molecule has 0 bridgehead atoms. The first-order chi connectivity index (χ1) is 7.08. The highest BCUT2D eigenvalue weighted by molar-refractivity contribution is 5.17. The van der Waals surface area contributed by atoms with E-state index in [2.05, 4.69) is 0 Å². The lowest BCUT2D eigenvalue weighted by atomic mass is 9.85. The number of methoxy groups -OCH3 is 1. The average Bonchev–Trinajstić information content (AvgIpc) is 2.19. The van der Waals surface area contributed by atoms with Gasteiger partial charge in [-0.15, -0.1) is 0 Å². The van der Waals surface area contributed by atoms with Crippen LogP contribution in [-0.4, -0.2) is 24.4 Å². The molecule has 0 fully saturated rings. The van der Waals surface area contributed by atoms with Gasteiger partial charge in [0.25, 0.3) is 0 Å². The van der Waals surface area contributed by atoms with E-state index >= 15 is 0 Å². The van der Waals surface area contributed by atoms with Crippen LogP contribution < -0.4 is 0 Å². The van der Waals surface area contributed by atoms with Gasteiger partial charge in [-0.1, -0.05) is 44.2 Å². The number of benzene rings is 1. The van der Waals surface area contributed by atoms with E-state index < -0.39 is 5.60 Å². The lowest BCUT2D eigenvalue weighted by Crippen LogP contribution is -2.42. The topological polar surface area (TPSA) is 29.5 Å². The quantitative estimate of drug-likeness (QED) is 0.804. The summed E-state index contributed by atoms with van der Waals surface area (Å²) in [5, 5.41) is 10.4. The van der Waals surface area contributed by atoms with Crippen LogP contribution in [0.2, 0.25) is 0 Å². The van der Waals surface area contributed by atoms with Crippen molar-refractivity contribution in [2.45, 2.75) is 25.9 Å². The van der Waals surface area contributed by atoms with Crippen molar-refractivity contribution in [3.63, 3.8) is 0 Å². The lowest BCUT2D eigenvalue weighted by Gasteiger charge is -2.31. The van der Waals surface area contributed by atoms with Crippen LogP contribution in [0.5, 0.6) is 0 Å². The van der Waals surface area contributed by atoms with Gasteiger partial charge in [0.15, 0.2) is 0 Å². The maximum absolute atomic E-state index is 10.4. The van der Waals surface area contributed by atoms with Crippen molar-refractivity contribution in [3.05, 3.63) is 35.9 Å². The predicted octanol–water partition coefficient (Wildman–Crippen LogP) is 2.26. The van der Waals surface area contributed by atoms with Crippen molar-refractivity contribution in [3.8, 4) is 0 Å². The summed E-state index contributed by atoms with van der Waals surface area (Å²) in [6.45, 7) is 4.41. The molecule has 2 nitrogen and oxygen atoms in total. The zero-order valence-electron chi connectivity index (χ0n) is 9.73. The first-order valence-electron chi connectivity index (χ1n) is 5.34. The van der Waals surface area contributed by atoms with Gasteiger partial charge >= 0.3 is 0 Å². The smallest absolute Gasteiger partial charge is 0.0942 e.